The monoisotopic (exact) mass is 519 g/mol. The molecule has 0 saturated heterocycles. The van der Waals surface area contributed by atoms with Crippen LogP contribution in [0.2, 0.25) is 0 Å². The van der Waals surface area contributed by atoms with Crippen molar-refractivity contribution < 1.29 is 27.5 Å². The second-order valence-electron chi connectivity index (χ2n) is 8.56. The van der Waals surface area contributed by atoms with Crippen LogP contribution in [0.3, 0.4) is 0 Å². The molecule has 1 N–H and O–H groups in total. The average molecular weight is 520 g/mol. The first kappa shape index (κ1) is 29.0. The van der Waals surface area contributed by atoms with Gasteiger partial charge in [-0.25, -0.2) is 8.42 Å². The van der Waals surface area contributed by atoms with Gasteiger partial charge in [0, 0.05) is 18.7 Å². The van der Waals surface area contributed by atoms with E-state index >= 15 is 0 Å². The minimum absolute atomic E-state index is 0.0590. The molecular weight excluding hydrogens is 482 g/mol. The van der Waals surface area contributed by atoms with Crippen molar-refractivity contribution in [2.75, 3.05) is 31.3 Å². The molecule has 2 atom stereocenters. The first-order chi connectivity index (χ1) is 17.0. The molecule has 0 spiro atoms. The lowest BCUT2D eigenvalue weighted by atomic mass is 10.1. The van der Waals surface area contributed by atoms with E-state index < -0.39 is 28.5 Å². The Kier molecular flexibility index (Phi) is 10.6. The molecule has 2 aromatic rings. The lowest BCUT2D eigenvalue weighted by molar-refractivity contribution is -0.140. The normalized spacial score (nSPS) is 12.8. The maximum Gasteiger partial charge on any atom is 0.244 e. The summed E-state index contributed by atoms with van der Waals surface area (Å²) in [6.07, 6.45) is 2.14. The summed E-state index contributed by atoms with van der Waals surface area (Å²) < 4.78 is 37.2. The van der Waals surface area contributed by atoms with Crippen LogP contribution in [0.25, 0.3) is 0 Å². The van der Waals surface area contributed by atoms with Crippen LogP contribution >= 0.6 is 0 Å². The third-order valence-electron chi connectivity index (χ3n) is 5.92. The molecule has 0 heterocycles. The Labute approximate surface area is 214 Å². The van der Waals surface area contributed by atoms with E-state index in [0.29, 0.717) is 12.2 Å². The summed E-state index contributed by atoms with van der Waals surface area (Å²) in [7, 11) is -0.982. The molecule has 0 aliphatic rings. The number of hydrogen-bond acceptors (Lipinski definition) is 6. The molecule has 2 rings (SSSR count). The van der Waals surface area contributed by atoms with Gasteiger partial charge in [0.25, 0.3) is 0 Å². The van der Waals surface area contributed by atoms with E-state index in [1.807, 2.05) is 51.1 Å². The molecule has 2 aromatic carbocycles. The summed E-state index contributed by atoms with van der Waals surface area (Å²) in [5, 5.41) is 2.95. The van der Waals surface area contributed by atoms with Crippen LogP contribution in [-0.4, -0.2) is 64.2 Å². The Morgan fingerprint density at radius 3 is 2.19 bits per heavy atom. The van der Waals surface area contributed by atoms with E-state index in [-0.39, 0.29) is 29.9 Å². The largest absolute Gasteiger partial charge is 0.497 e. The first-order valence-corrected chi connectivity index (χ1v) is 13.7. The van der Waals surface area contributed by atoms with E-state index in [1.165, 1.54) is 25.2 Å². The summed E-state index contributed by atoms with van der Waals surface area (Å²) in [5.74, 6) is -0.0602. The first-order valence-electron chi connectivity index (χ1n) is 11.9. The average Bonchev–Trinajstić information content (AvgIpc) is 2.86. The van der Waals surface area contributed by atoms with Gasteiger partial charge in [0.05, 0.1) is 26.2 Å². The van der Waals surface area contributed by atoms with E-state index in [4.69, 9.17) is 9.47 Å². The molecule has 0 unspecified atom stereocenters. The maximum absolute atomic E-state index is 13.7. The number of amides is 2. The van der Waals surface area contributed by atoms with Crippen molar-refractivity contribution in [1.29, 1.82) is 0 Å². The third kappa shape index (κ3) is 7.61. The van der Waals surface area contributed by atoms with E-state index in [9.17, 15) is 18.0 Å². The summed E-state index contributed by atoms with van der Waals surface area (Å²) in [4.78, 5) is 28.3. The zero-order valence-electron chi connectivity index (χ0n) is 21.9. The standard InChI is InChI=1S/C26H37N3O6S/c1-7-19(3)27-26(31)22(8-2)28(17-20-12-10-9-11-13-20)25(30)18-29(36(6,32)33)23-15-14-21(34-4)16-24(23)35-5/h9-16,19,22H,7-8,17-18H2,1-6H3,(H,27,31)/t19-,22-/m1/s1. The van der Waals surface area contributed by atoms with Crippen LogP contribution in [0, 0.1) is 0 Å². The molecule has 0 fully saturated rings. The zero-order valence-corrected chi connectivity index (χ0v) is 22.7. The highest BCUT2D eigenvalue weighted by atomic mass is 32.2. The Hall–Kier alpha value is -3.27. The van der Waals surface area contributed by atoms with Gasteiger partial charge in [-0.2, -0.15) is 0 Å². The topological polar surface area (TPSA) is 105 Å². The van der Waals surface area contributed by atoms with Crippen LogP contribution in [0.15, 0.2) is 48.5 Å². The zero-order chi connectivity index (χ0) is 26.9. The molecular formula is C26H37N3O6S. The van der Waals surface area contributed by atoms with Gasteiger partial charge in [-0.15, -0.1) is 0 Å². The van der Waals surface area contributed by atoms with Crippen molar-refractivity contribution in [3.63, 3.8) is 0 Å². The third-order valence-corrected chi connectivity index (χ3v) is 7.04. The van der Waals surface area contributed by atoms with Gasteiger partial charge in [0.1, 0.15) is 24.1 Å². The number of methoxy groups -OCH3 is 2. The van der Waals surface area contributed by atoms with Gasteiger partial charge in [0.2, 0.25) is 21.8 Å². The maximum atomic E-state index is 13.7. The number of nitrogens with one attached hydrogen (secondary N) is 1. The van der Waals surface area contributed by atoms with Crippen molar-refractivity contribution in [1.82, 2.24) is 10.2 Å². The summed E-state index contributed by atoms with van der Waals surface area (Å²) in [6, 6.07) is 13.1. The number of sulfonamides is 1. The van der Waals surface area contributed by atoms with E-state index in [2.05, 4.69) is 5.32 Å². The molecule has 0 aliphatic carbocycles. The molecule has 0 saturated carbocycles. The molecule has 0 radical (unpaired) electrons. The highest BCUT2D eigenvalue weighted by Crippen LogP contribution is 2.33. The fourth-order valence-electron chi connectivity index (χ4n) is 3.73. The van der Waals surface area contributed by atoms with Crippen LogP contribution in [0.5, 0.6) is 11.5 Å². The van der Waals surface area contributed by atoms with E-state index in [0.717, 1.165) is 22.5 Å². The number of hydrogen-bond donors (Lipinski definition) is 1. The van der Waals surface area contributed by atoms with Crippen molar-refractivity contribution in [3.05, 3.63) is 54.1 Å². The molecule has 36 heavy (non-hydrogen) atoms. The van der Waals surface area contributed by atoms with Crippen molar-refractivity contribution in [3.8, 4) is 11.5 Å². The quantitative estimate of drug-likeness (QED) is 0.436. The van der Waals surface area contributed by atoms with Crippen LogP contribution in [-0.2, 0) is 26.2 Å². The Morgan fingerprint density at radius 1 is 1.00 bits per heavy atom. The van der Waals surface area contributed by atoms with Gasteiger partial charge in [0.15, 0.2) is 0 Å². The second-order valence-corrected chi connectivity index (χ2v) is 10.5. The van der Waals surface area contributed by atoms with Gasteiger partial charge >= 0.3 is 0 Å². The summed E-state index contributed by atoms with van der Waals surface area (Å²) >= 11 is 0. The van der Waals surface area contributed by atoms with Crippen LogP contribution in [0.1, 0.15) is 39.2 Å². The fraction of sp³-hybridized carbons (Fsp3) is 0.462. The number of carbonyl (C=O) groups excluding carboxylic acids is 2. The molecule has 0 aromatic heterocycles. The number of benzene rings is 2. The molecule has 9 nitrogen and oxygen atoms in total. The van der Waals surface area contributed by atoms with Gasteiger partial charge < -0.3 is 19.7 Å². The minimum atomic E-state index is -3.88. The predicted molar refractivity (Wildman–Crippen MR) is 141 cm³/mol. The number of ether oxygens (including phenoxy) is 2. The highest BCUT2D eigenvalue weighted by molar-refractivity contribution is 7.92. The molecule has 0 aliphatic heterocycles. The number of carbonyl (C=O) groups is 2. The molecule has 198 valence electrons. The predicted octanol–water partition coefficient (Wildman–Crippen LogP) is 3.19. The number of nitrogens with zero attached hydrogens (tertiary/aromatic N) is 2. The van der Waals surface area contributed by atoms with Crippen LogP contribution < -0.4 is 19.1 Å². The van der Waals surface area contributed by atoms with Gasteiger partial charge in [-0.3, -0.25) is 13.9 Å². The van der Waals surface area contributed by atoms with E-state index in [1.54, 1.807) is 12.1 Å². The molecule has 10 heteroatoms. The number of rotatable bonds is 13. The summed E-state index contributed by atoms with van der Waals surface area (Å²) in [5.41, 5.74) is 1.03. The van der Waals surface area contributed by atoms with Crippen molar-refractivity contribution >= 4 is 27.5 Å². The lowest BCUT2D eigenvalue weighted by Crippen LogP contribution is -2.53. The lowest BCUT2D eigenvalue weighted by Gasteiger charge is -2.33. The van der Waals surface area contributed by atoms with Gasteiger partial charge in [-0.05, 0) is 37.5 Å². The van der Waals surface area contributed by atoms with Crippen LogP contribution in [0.4, 0.5) is 5.69 Å². The second kappa shape index (κ2) is 13.2. The minimum Gasteiger partial charge on any atom is -0.497 e. The molecule has 0 bridgehead atoms. The van der Waals surface area contributed by atoms with Gasteiger partial charge in [-0.1, -0.05) is 44.2 Å². The Bertz CT molecular complexity index is 1120. The highest BCUT2D eigenvalue weighted by Gasteiger charge is 2.33. The van der Waals surface area contributed by atoms with Crippen molar-refractivity contribution in [2.45, 2.75) is 52.2 Å². The Morgan fingerprint density at radius 2 is 1.67 bits per heavy atom. The fourth-order valence-corrected chi connectivity index (χ4v) is 4.58. The van der Waals surface area contributed by atoms with Crippen molar-refractivity contribution in [2.24, 2.45) is 0 Å². The number of anilines is 1. The summed E-state index contributed by atoms with van der Waals surface area (Å²) in [6.45, 7) is 5.35. The smallest absolute Gasteiger partial charge is 0.244 e. The SMILES string of the molecule is CC[C@@H](C)NC(=O)[C@@H](CC)N(Cc1ccccc1)C(=O)CN(c1ccc(OC)cc1OC)S(C)(=O)=O. The molecule has 2 amide bonds. The Balaban J connectivity index is 2.48.